The minimum Gasteiger partial charge on any atom is -0.389 e. The highest BCUT2D eigenvalue weighted by Gasteiger charge is 2.11. The van der Waals surface area contributed by atoms with Gasteiger partial charge in [0.15, 0.2) is 0 Å². The maximum Gasteiger partial charge on any atom is 0.146 e. The minimum atomic E-state index is -0.234. The van der Waals surface area contributed by atoms with Crippen LogP contribution in [0.5, 0.6) is 0 Å². The summed E-state index contributed by atoms with van der Waals surface area (Å²) in [5.41, 5.74) is 7.85. The summed E-state index contributed by atoms with van der Waals surface area (Å²) < 4.78 is 13.8. The third-order valence-electron chi connectivity index (χ3n) is 2.92. The molecule has 0 spiro atoms. The molecule has 2 N–H and O–H groups in total. The van der Waals surface area contributed by atoms with Gasteiger partial charge in [0.1, 0.15) is 10.8 Å². The average molecular weight is 274 g/mol. The molecule has 2 rings (SSSR count). The molecule has 19 heavy (non-hydrogen) atoms. The molecule has 0 saturated heterocycles. The maximum atomic E-state index is 13.8. The first-order valence-corrected chi connectivity index (χ1v) is 6.46. The van der Waals surface area contributed by atoms with Crippen LogP contribution in [0, 0.1) is 5.82 Å². The van der Waals surface area contributed by atoms with Crippen LogP contribution in [0.25, 0.3) is 0 Å². The van der Waals surface area contributed by atoms with Crippen molar-refractivity contribution in [2.75, 3.05) is 11.4 Å². The third kappa shape index (κ3) is 2.90. The molecule has 0 heterocycles. The van der Waals surface area contributed by atoms with E-state index in [0.29, 0.717) is 17.2 Å². The van der Waals surface area contributed by atoms with E-state index in [-0.39, 0.29) is 5.82 Å². The predicted octanol–water partition coefficient (Wildman–Crippen LogP) is 3.62. The lowest BCUT2D eigenvalue weighted by molar-refractivity contribution is 0.625. The van der Waals surface area contributed by atoms with Crippen LogP contribution in [-0.4, -0.2) is 11.5 Å². The van der Waals surface area contributed by atoms with Crippen LogP contribution in [0.2, 0.25) is 0 Å². The molecule has 0 unspecified atom stereocenters. The number of hydrogen-bond donors (Lipinski definition) is 1. The van der Waals surface area contributed by atoms with Gasteiger partial charge in [-0.15, -0.1) is 0 Å². The summed E-state index contributed by atoms with van der Waals surface area (Å²) in [6.45, 7) is 2.65. The highest BCUT2D eigenvalue weighted by molar-refractivity contribution is 7.80. The van der Waals surface area contributed by atoms with Crippen LogP contribution in [-0.2, 0) is 0 Å². The summed E-state index contributed by atoms with van der Waals surface area (Å²) in [7, 11) is 0. The Kier molecular flexibility index (Phi) is 4.12. The molecule has 0 fully saturated rings. The number of hydrogen-bond acceptors (Lipinski definition) is 2. The fraction of sp³-hybridized carbons (Fsp3) is 0.133. The summed E-state index contributed by atoms with van der Waals surface area (Å²) in [6, 6.07) is 14.2. The van der Waals surface area contributed by atoms with E-state index >= 15 is 0 Å². The van der Waals surface area contributed by atoms with Crippen molar-refractivity contribution < 1.29 is 4.39 Å². The van der Waals surface area contributed by atoms with E-state index in [1.54, 1.807) is 12.1 Å². The van der Waals surface area contributed by atoms with Crippen molar-refractivity contribution in [2.45, 2.75) is 6.92 Å². The lowest BCUT2D eigenvalue weighted by Gasteiger charge is -2.23. The average Bonchev–Trinajstić information content (AvgIpc) is 2.42. The molecule has 0 bridgehead atoms. The zero-order chi connectivity index (χ0) is 13.8. The Morgan fingerprint density at radius 1 is 1.16 bits per heavy atom. The van der Waals surface area contributed by atoms with Gasteiger partial charge in [0.25, 0.3) is 0 Å². The number of rotatable bonds is 4. The van der Waals surface area contributed by atoms with Crippen molar-refractivity contribution >= 4 is 28.6 Å². The molecule has 4 heteroatoms. The molecular formula is C15H15FN2S. The van der Waals surface area contributed by atoms with Gasteiger partial charge in [-0.25, -0.2) is 4.39 Å². The van der Waals surface area contributed by atoms with Gasteiger partial charge in [0, 0.05) is 17.8 Å². The van der Waals surface area contributed by atoms with Crippen LogP contribution < -0.4 is 10.6 Å². The molecule has 2 nitrogen and oxygen atoms in total. The molecule has 0 saturated carbocycles. The smallest absolute Gasteiger partial charge is 0.146 e. The molecular weight excluding hydrogens is 259 g/mol. The number of nitrogens with two attached hydrogens (primary N) is 1. The van der Waals surface area contributed by atoms with Crippen molar-refractivity contribution in [2.24, 2.45) is 5.73 Å². The first-order valence-electron chi connectivity index (χ1n) is 6.05. The highest BCUT2D eigenvalue weighted by atomic mass is 32.1. The molecule has 0 amide bonds. The fourth-order valence-electron chi connectivity index (χ4n) is 1.97. The van der Waals surface area contributed by atoms with E-state index in [1.165, 1.54) is 6.07 Å². The number of anilines is 2. The number of thiocarbonyl (C=S) groups is 1. The fourth-order valence-corrected chi connectivity index (χ4v) is 2.10. The SMILES string of the molecule is CCN(c1ccc(C(N)=S)cc1)c1ccccc1F. The Labute approximate surface area is 117 Å². The number of halogens is 1. The van der Waals surface area contributed by atoms with E-state index in [4.69, 9.17) is 18.0 Å². The molecule has 0 aliphatic carbocycles. The van der Waals surface area contributed by atoms with Gasteiger partial charge < -0.3 is 10.6 Å². The monoisotopic (exact) mass is 274 g/mol. The van der Waals surface area contributed by atoms with Gasteiger partial charge in [-0.1, -0.05) is 24.4 Å². The predicted molar refractivity (Wildman–Crippen MR) is 81.4 cm³/mol. The zero-order valence-corrected chi connectivity index (χ0v) is 11.5. The molecule has 0 aliphatic heterocycles. The molecule has 98 valence electrons. The van der Waals surface area contributed by atoms with Gasteiger partial charge in [-0.05, 0) is 43.3 Å². The molecule has 2 aromatic rings. The van der Waals surface area contributed by atoms with E-state index in [1.807, 2.05) is 42.2 Å². The van der Waals surface area contributed by atoms with E-state index in [0.717, 1.165) is 11.3 Å². The van der Waals surface area contributed by atoms with Crippen molar-refractivity contribution in [3.8, 4) is 0 Å². The van der Waals surface area contributed by atoms with Crippen molar-refractivity contribution in [3.63, 3.8) is 0 Å². The normalized spacial score (nSPS) is 10.2. The third-order valence-corrected chi connectivity index (χ3v) is 3.16. The molecule has 0 aliphatic rings. The van der Waals surface area contributed by atoms with Crippen molar-refractivity contribution in [1.82, 2.24) is 0 Å². The van der Waals surface area contributed by atoms with Crippen molar-refractivity contribution in [1.29, 1.82) is 0 Å². The Bertz CT molecular complexity index is 581. The second-order valence-electron chi connectivity index (χ2n) is 4.11. The van der Waals surface area contributed by atoms with Gasteiger partial charge in [0.2, 0.25) is 0 Å². The summed E-state index contributed by atoms with van der Waals surface area (Å²) in [5, 5.41) is 0. The van der Waals surface area contributed by atoms with Crippen LogP contribution in [0.1, 0.15) is 12.5 Å². The van der Waals surface area contributed by atoms with Gasteiger partial charge in [-0.2, -0.15) is 0 Å². The molecule has 2 aromatic carbocycles. The van der Waals surface area contributed by atoms with Crippen LogP contribution in [0.15, 0.2) is 48.5 Å². The summed E-state index contributed by atoms with van der Waals surface area (Å²) in [6.07, 6.45) is 0. The highest BCUT2D eigenvalue weighted by Crippen LogP contribution is 2.27. The summed E-state index contributed by atoms with van der Waals surface area (Å²) in [5.74, 6) is -0.234. The Hall–Kier alpha value is -1.94. The first-order chi connectivity index (χ1) is 9.13. The topological polar surface area (TPSA) is 29.3 Å². The standard InChI is InChI=1S/C15H15FN2S/c1-2-18(14-6-4-3-5-13(14)16)12-9-7-11(8-10-12)15(17)19/h3-10H,2H2,1H3,(H2,17,19). The quantitative estimate of drug-likeness (QED) is 0.863. The number of nitrogens with zero attached hydrogens (tertiary/aromatic N) is 1. The minimum absolute atomic E-state index is 0.234. The lowest BCUT2D eigenvalue weighted by atomic mass is 10.1. The first kappa shape index (κ1) is 13.5. The Morgan fingerprint density at radius 3 is 2.32 bits per heavy atom. The van der Waals surface area contributed by atoms with Crippen LogP contribution >= 0.6 is 12.2 Å². The van der Waals surface area contributed by atoms with Gasteiger partial charge in [0.05, 0.1) is 5.69 Å². The van der Waals surface area contributed by atoms with Gasteiger partial charge in [-0.3, -0.25) is 0 Å². The van der Waals surface area contributed by atoms with Crippen molar-refractivity contribution in [3.05, 3.63) is 59.9 Å². The largest absolute Gasteiger partial charge is 0.389 e. The molecule has 0 atom stereocenters. The maximum absolute atomic E-state index is 13.8. The van der Waals surface area contributed by atoms with E-state index < -0.39 is 0 Å². The number of para-hydroxylation sites is 1. The van der Waals surface area contributed by atoms with Crippen LogP contribution in [0.4, 0.5) is 15.8 Å². The van der Waals surface area contributed by atoms with E-state index in [9.17, 15) is 4.39 Å². The summed E-state index contributed by atoms with van der Waals surface area (Å²) in [4.78, 5) is 2.26. The summed E-state index contributed by atoms with van der Waals surface area (Å²) >= 11 is 4.92. The molecule has 0 aromatic heterocycles. The number of benzene rings is 2. The van der Waals surface area contributed by atoms with Crippen LogP contribution in [0.3, 0.4) is 0 Å². The zero-order valence-electron chi connectivity index (χ0n) is 10.6. The Balaban J connectivity index is 2.37. The van der Waals surface area contributed by atoms with E-state index in [2.05, 4.69) is 0 Å². The second-order valence-corrected chi connectivity index (χ2v) is 4.55. The lowest BCUT2D eigenvalue weighted by Crippen LogP contribution is -2.17. The molecule has 0 radical (unpaired) electrons. The van der Waals surface area contributed by atoms with Gasteiger partial charge >= 0.3 is 0 Å². The second kappa shape index (κ2) is 5.80. The Morgan fingerprint density at radius 2 is 1.79 bits per heavy atom.